The van der Waals surface area contributed by atoms with Crippen LogP contribution in [0.1, 0.15) is 20.7 Å². The molecule has 0 heterocycles. The van der Waals surface area contributed by atoms with E-state index in [-0.39, 0.29) is 5.91 Å². The molecule has 0 bridgehead atoms. The minimum Gasteiger partial charge on any atom is -0.322 e. The first-order valence-corrected chi connectivity index (χ1v) is 7.29. The van der Waals surface area contributed by atoms with E-state index in [4.69, 9.17) is 0 Å². The molecule has 1 amide bonds. The zero-order valence-corrected chi connectivity index (χ0v) is 13.4. The molecule has 96 valence electrons. The fraction of sp³-hybridized carbons (Fsp3) is 0. The molecule has 0 atom stereocenters. The van der Waals surface area contributed by atoms with Crippen LogP contribution in [-0.4, -0.2) is 12.2 Å². The van der Waals surface area contributed by atoms with E-state index in [1.807, 2.05) is 12.1 Å². The van der Waals surface area contributed by atoms with Crippen LogP contribution < -0.4 is 5.32 Å². The average molecular weight is 430 g/mol. The summed E-state index contributed by atoms with van der Waals surface area (Å²) in [7, 11) is 0. The van der Waals surface area contributed by atoms with Crippen LogP contribution in [-0.2, 0) is 0 Å². The Balaban J connectivity index is 2.25. The third kappa shape index (κ3) is 3.63. The van der Waals surface area contributed by atoms with Crippen molar-refractivity contribution >= 4 is 56.4 Å². The highest BCUT2D eigenvalue weighted by Crippen LogP contribution is 2.21. The van der Waals surface area contributed by atoms with E-state index in [2.05, 4.69) is 43.8 Å². The number of aldehydes is 1. The van der Waals surface area contributed by atoms with Gasteiger partial charge in [0.2, 0.25) is 0 Å². The molecule has 5 heteroatoms. The molecule has 19 heavy (non-hydrogen) atoms. The Morgan fingerprint density at radius 2 is 2.00 bits per heavy atom. The Labute approximate surface area is 132 Å². The number of amides is 1. The average Bonchev–Trinajstić information content (AvgIpc) is 2.41. The lowest BCUT2D eigenvalue weighted by atomic mass is 10.2. The minimum atomic E-state index is -0.214. The molecule has 0 saturated heterocycles. The number of nitrogens with one attached hydrogen (secondary N) is 1. The van der Waals surface area contributed by atoms with Crippen molar-refractivity contribution < 1.29 is 9.59 Å². The molecule has 0 aliphatic heterocycles. The van der Waals surface area contributed by atoms with Gasteiger partial charge in [-0.2, -0.15) is 0 Å². The maximum Gasteiger partial charge on any atom is 0.256 e. The molecular formula is C14H9BrINO2. The largest absolute Gasteiger partial charge is 0.322 e. The van der Waals surface area contributed by atoms with Crippen LogP contribution in [0, 0.1) is 3.57 Å². The molecule has 0 spiro atoms. The molecule has 3 nitrogen and oxygen atoms in total. The van der Waals surface area contributed by atoms with Crippen LogP contribution in [0.15, 0.2) is 46.9 Å². The summed E-state index contributed by atoms with van der Waals surface area (Å²) in [6, 6.07) is 12.3. The molecule has 0 fully saturated rings. The van der Waals surface area contributed by atoms with E-state index in [0.29, 0.717) is 16.8 Å². The summed E-state index contributed by atoms with van der Waals surface area (Å²) in [4.78, 5) is 22.8. The summed E-state index contributed by atoms with van der Waals surface area (Å²) < 4.78 is 1.71. The second kappa shape index (κ2) is 6.29. The van der Waals surface area contributed by atoms with Gasteiger partial charge in [0.15, 0.2) is 0 Å². The van der Waals surface area contributed by atoms with Gasteiger partial charge in [-0.05, 0) is 68.9 Å². The molecule has 2 rings (SSSR count). The van der Waals surface area contributed by atoms with E-state index in [9.17, 15) is 9.59 Å². The van der Waals surface area contributed by atoms with E-state index in [1.54, 1.807) is 30.3 Å². The van der Waals surface area contributed by atoms with Crippen LogP contribution in [0.4, 0.5) is 5.69 Å². The second-order valence-corrected chi connectivity index (χ2v) is 5.92. The zero-order chi connectivity index (χ0) is 13.8. The summed E-state index contributed by atoms with van der Waals surface area (Å²) in [5.41, 5.74) is 1.68. The summed E-state index contributed by atoms with van der Waals surface area (Å²) in [5, 5.41) is 2.77. The molecule has 0 saturated carbocycles. The Kier molecular flexibility index (Phi) is 4.71. The van der Waals surface area contributed by atoms with Crippen molar-refractivity contribution in [3.8, 4) is 0 Å². The predicted molar refractivity (Wildman–Crippen MR) is 86.6 cm³/mol. The van der Waals surface area contributed by atoms with E-state index >= 15 is 0 Å². The Morgan fingerprint density at radius 1 is 1.21 bits per heavy atom. The van der Waals surface area contributed by atoms with Gasteiger partial charge in [-0.15, -0.1) is 0 Å². The fourth-order valence-corrected chi connectivity index (χ4v) is 2.48. The maximum atomic E-state index is 12.2. The number of carbonyl (C=O) groups excluding carboxylic acids is 2. The summed E-state index contributed by atoms with van der Waals surface area (Å²) in [5.74, 6) is -0.214. The first-order valence-electron chi connectivity index (χ1n) is 5.42. The monoisotopic (exact) mass is 429 g/mol. The van der Waals surface area contributed by atoms with Gasteiger partial charge in [-0.1, -0.05) is 12.1 Å². The summed E-state index contributed by atoms with van der Waals surface area (Å²) in [6.07, 6.45) is 0.747. The van der Waals surface area contributed by atoms with Crippen molar-refractivity contribution in [3.63, 3.8) is 0 Å². The number of halogens is 2. The summed E-state index contributed by atoms with van der Waals surface area (Å²) in [6.45, 7) is 0. The highest BCUT2D eigenvalue weighted by atomic mass is 127. The molecule has 0 aromatic heterocycles. The third-order valence-corrected chi connectivity index (χ3v) is 3.82. The Hall–Kier alpha value is -1.21. The van der Waals surface area contributed by atoms with Gasteiger partial charge in [0, 0.05) is 19.3 Å². The number of rotatable bonds is 3. The number of hydrogen-bond acceptors (Lipinski definition) is 2. The van der Waals surface area contributed by atoms with Crippen LogP contribution in [0.3, 0.4) is 0 Å². The van der Waals surface area contributed by atoms with E-state index in [0.717, 1.165) is 14.3 Å². The highest BCUT2D eigenvalue weighted by molar-refractivity contribution is 14.1. The predicted octanol–water partition coefficient (Wildman–Crippen LogP) is 4.12. The van der Waals surface area contributed by atoms with Gasteiger partial charge in [0.05, 0.1) is 5.56 Å². The van der Waals surface area contributed by atoms with Gasteiger partial charge in [-0.3, -0.25) is 9.59 Å². The molecule has 0 aliphatic rings. The molecule has 1 N–H and O–H groups in total. The van der Waals surface area contributed by atoms with Crippen LogP contribution in [0.25, 0.3) is 0 Å². The fourth-order valence-electron chi connectivity index (χ4n) is 1.56. The van der Waals surface area contributed by atoms with Crippen LogP contribution in [0.5, 0.6) is 0 Å². The molecule has 2 aromatic rings. The van der Waals surface area contributed by atoms with Crippen molar-refractivity contribution in [1.82, 2.24) is 0 Å². The summed E-state index contributed by atoms with van der Waals surface area (Å²) >= 11 is 5.50. The van der Waals surface area contributed by atoms with E-state index < -0.39 is 0 Å². The van der Waals surface area contributed by atoms with Crippen molar-refractivity contribution in [2.24, 2.45) is 0 Å². The normalized spacial score (nSPS) is 10.0. The van der Waals surface area contributed by atoms with E-state index in [1.165, 1.54) is 0 Å². The molecule has 0 radical (unpaired) electrons. The third-order valence-electron chi connectivity index (χ3n) is 2.45. The minimum absolute atomic E-state index is 0.214. The van der Waals surface area contributed by atoms with Gasteiger partial charge in [-0.25, -0.2) is 0 Å². The quantitative estimate of drug-likeness (QED) is 0.589. The van der Waals surface area contributed by atoms with Crippen molar-refractivity contribution in [2.45, 2.75) is 0 Å². The van der Waals surface area contributed by atoms with Gasteiger partial charge >= 0.3 is 0 Å². The van der Waals surface area contributed by atoms with Gasteiger partial charge in [0.25, 0.3) is 5.91 Å². The van der Waals surface area contributed by atoms with Crippen LogP contribution >= 0.6 is 38.5 Å². The maximum absolute atomic E-state index is 12.2. The lowest BCUT2D eigenvalue weighted by Gasteiger charge is -2.07. The molecule has 2 aromatic carbocycles. The smallest absolute Gasteiger partial charge is 0.256 e. The van der Waals surface area contributed by atoms with Gasteiger partial charge in [0.1, 0.15) is 6.29 Å². The molecule has 0 aliphatic carbocycles. The standard InChI is InChI=1S/C14H9BrINO2/c15-13-5-4-10(16)7-12(13)14(19)17-11-3-1-2-9(6-11)8-18/h1-8H,(H,17,19). The molecular weight excluding hydrogens is 421 g/mol. The second-order valence-electron chi connectivity index (χ2n) is 3.82. The zero-order valence-electron chi connectivity index (χ0n) is 9.69. The number of hydrogen-bond donors (Lipinski definition) is 1. The van der Waals surface area contributed by atoms with Gasteiger partial charge < -0.3 is 5.32 Å². The SMILES string of the molecule is O=Cc1cccc(NC(=O)c2cc(I)ccc2Br)c1. The lowest BCUT2D eigenvalue weighted by Crippen LogP contribution is -2.13. The van der Waals surface area contributed by atoms with Crippen molar-refractivity contribution in [3.05, 3.63) is 61.6 Å². The lowest BCUT2D eigenvalue weighted by molar-refractivity contribution is 0.102. The first-order chi connectivity index (χ1) is 9.10. The van der Waals surface area contributed by atoms with Crippen molar-refractivity contribution in [2.75, 3.05) is 5.32 Å². The highest BCUT2D eigenvalue weighted by Gasteiger charge is 2.10. The number of anilines is 1. The number of carbonyl (C=O) groups is 2. The number of benzene rings is 2. The Morgan fingerprint density at radius 3 is 2.74 bits per heavy atom. The van der Waals surface area contributed by atoms with Crippen LogP contribution in [0.2, 0.25) is 0 Å². The first kappa shape index (κ1) is 14.2. The Bertz CT molecular complexity index is 643. The molecule has 0 unspecified atom stereocenters. The topological polar surface area (TPSA) is 46.2 Å². The van der Waals surface area contributed by atoms with Crippen molar-refractivity contribution in [1.29, 1.82) is 0 Å².